The summed E-state index contributed by atoms with van der Waals surface area (Å²) in [5.74, 6) is 1.22. The van der Waals surface area contributed by atoms with E-state index in [1.165, 1.54) is 5.82 Å². The normalized spacial score (nSPS) is 25.5. The molecule has 0 aliphatic carbocycles. The van der Waals surface area contributed by atoms with E-state index in [1.807, 2.05) is 0 Å². The third-order valence-electron chi connectivity index (χ3n) is 0.849. The van der Waals surface area contributed by atoms with Gasteiger partial charge in [-0.3, -0.25) is 4.57 Å². The average Bonchev–Trinajstić information content (AvgIpc) is 2.17. The predicted octanol–water partition coefficient (Wildman–Crippen LogP) is 1.37. The molecule has 0 unspecified atom stereocenters. The van der Waals surface area contributed by atoms with E-state index in [0.29, 0.717) is 13.2 Å². The van der Waals surface area contributed by atoms with Crippen LogP contribution in [0.25, 0.3) is 0 Å². The number of hydrogen-bond acceptors (Lipinski definition) is 3. The first-order chi connectivity index (χ1) is 3.77. The van der Waals surface area contributed by atoms with Crippen LogP contribution in [0, 0.1) is 0 Å². The molecule has 0 bridgehead atoms. The Morgan fingerprint density at radius 1 is 1.50 bits per heavy atom. The zero-order valence-corrected chi connectivity index (χ0v) is 5.27. The maximum absolute atomic E-state index is 10.8. The van der Waals surface area contributed by atoms with Gasteiger partial charge in [-0.2, -0.15) is 0 Å². The van der Waals surface area contributed by atoms with E-state index in [2.05, 4.69) is 6.58 Å². The van der Waals surface area contributed by atoms with Crippen LogP contribution in [0.5, 0.6) is 0 Å². The van der Waals surface area contributed by atoms with Crippen LogP contribution >= 0.6 is 7.60 Å². The minimum Gasteiger partial charge on any atom is -0.303 e. The van der Waals surface area contributed by atoms with Crippen molar-refractivity contribution in [2.75, 3.05) is 13.2 Å². The van der Waals surface area contributed by atoms with E-state index in [-0.39, 0.29) is 0 Å². The van der Waals surface area contributed by atoms with Gasteiger partial charge in [-0.25, -0.2) is 0 Å². The lowest BCUT2D eigenvalue weighted by molar-refractivity contribution is 0.364. The van der Waals surface area contributed by atoms with Crippen molar-refractivity contribution in [3.05, 3.63) is 12.4 Å². The van der Waals surface area contributed by atoms with E-state index in [9.17, 15) is 4.57 Å². The Kier molecular flexibility index (Phi) is 1.52. The highest BCUT2D eigenvalue weighted by Gasteiger charge is 2.24. The van der Waals surface area contributed by atoms with Gasteiger partial charge in [0.2, 0.25) is 0 Å². The summed E-state index contributed by atoms with van der Waals surface area (Å²) in [6.45, 7) is 4.14. The molecule has 0 amide bonds. The van der Waals surface area contributed by atoms with Gasteiger partial charge in [-0.05, 0) is 0 Å². The summed E-state index contributed by atoms with van der Waals surface area (Å²) in [4.78, 5) is 0. The molecule has 0 aromatic carbocycles. The first kappa shape index (κ1) is 6.02. The summed E-state index contributed by atoms with van der Waals surface area (Å²) in [6.07, 6.45) is 0. The molecule has 0 spiro atoms. The summed E-state index contributed by atoms with van der Waals surface area (Å²) in [6, 6.07) is 0. The average molecular weight is 134 g/mol. The molecule has 0 radical (unpaired) electrons. The lowest BCUT2D eigenvalue weighted by atomic mass is 10.8. The molecule has 1 heterocycles. The van der Waals surface area contributed by atoms with Crippen molar-refractivity contribution in [3.63, 3.8) is 0 Å². The predicted molar refractivity (Wildman–Crippen MR) is 29.7 cm³/mol. The van der Waals surface area contributed by atoms with Crippen molar-refractivity contribution in [1.29, 1.82) is 0 Å². The Morgan fingerprint density at radius 2 is 2.00 bits per heavy atom. The molecule has 0 atom stereocenters. The lowest BCUT2D eigenvalue weighted by Crippen LogP contribution is -1.79. The maximum Gasteiger partial charge on any atom is 0.353 e. The fraction of sp³-hybridized carbons (Fsp3) is 0.500. The van der Waals surface area contributed by atoms with E-state index in [4.69, 9.17) is 9.05 Å². The van der Waals surface area contributed by atoms with Gasteiger partial charge in [0.05, 0.1) is 13.2 Å². The second-order valence-corrected chi connectivity index (χ2v) is 3.35. The quantitative estimate of drug-likeness (QED) is 0.508. The van der Waals surface area contributed by atoms with Crippen LogP contribution in [0.15, 0.2) is 12.4 Å². The van der Waals surface area contributed by atoms with Crippen LogP contribution in [-0.4, -0.2) is 13.2 Å². The number of hydrogen-bond donors (Lipinski definition) is 0. The van der Waals surface area contributed by atoms with Gasteiger partial charge < -0.3 is 9.05 Å². The standard InChI is InChI=1S/C4H7O3P/c1-2-8(5)6-3-4-7-8/h2H,1,3-4H2. The second kappa shape index (κ2) is 2.02. The molecule has 1 rings (SSSR count). The molecule has 4 heteroatoms. The summed E-state index contributed by atoms with van der Waals surface area (Å²) < 4.78 is 20.2. The molecule has 0 aromatic rings. The molecule has 0 N–H and O–H groups in total. The highest BCUT2D eigenvalue weighted by molar-refractivity contribution is 7.57. The topological polar surface area (TPSA) is 35.5 Å². The van der Waals surface area contributed by atoms with E-state index < -0.39 is 7.60 Å². The summed E-state index contributed by atoms with van der Waals surface area (Å²) in [7, 11) is -2.79. The molecular weight excluding hydrogens is 127 g/mol. The third kappa shape index (κ3) is 0.996. The molecule has 1 saturated heterocycles. The molecule has 8 heavy (non-hydrogen) atoms. The van der Waals surface area contributed by atoms with Crippen LogP contribution in [0.4, 0.5) is 0 Å². The van der Waals surface area contributed by atoms with E-state index in [1.54, 1.807) is 0 Å². The zero-order chi connectivity index (χ0) is 6.04. The van der Waals surface area contributed by atoms with E-state index >= 15 is 0 Å². The molecule has 1 aliphatic heterocycles. The van der Waals surface area contributed by atoms with Crippen molar-refractivity contribution in [1.82, 2.24) is 0 Å². The summed E-state index contributed by atoms with van der Waals surface area (Å²) >= 11 is 0. The van der Waals surface area contributed by atoms with Crippen LogP contribution in [0.2, 0.25) is 0 Å². The SMILES string of the molecule is C=CP1(=O)OCCO1. The molecule has 0 saturated carbocycles. The Morgan fingerprint density at radius 3 is 2.25 bits per heavy atom. The van der Waals surface area contributed by atoms with Crippen LogP contribution < -0.4 is 0 Å². The molecule has 1 aliphatic rings. The van der Waals surface area contributed by atoms with Gasteiger partial charge in [-0.1, -0.05) is 6.58 Å². The van der Waals surface area contributed by atoms with Gasteiger partial charge in [0.15, 0.2) is 0 Å². The Labute approximate surface area is 47.8 Å². The van der Waals surface area contributed by atoms with Crippen LogP contribution in [0.3, 0.4) is 0 Å². The van der Waals surface area contributed by atoms with Crippen molar-refractivity contribution >= 4 is 7.60 Å². The van der Waals surface area contributed by atoms with Gasteiger partial charge in [0, 0.05) is 5.82 Å². The van der Waals surface area contributed by atoms with Gasteiger partial charge in [0.25, 0.3) is 0 Å². The summed E-state index contributed by atoms with van der Waals surface area (Å²) in [5, 5.41) is 0. The van der Waals surface area contributed by atoms with Crippen molar-refractivity contribution < 1.29 is 13.6 Å². The second-order valence-electron chi connectivity index (χ2n) is 1.39. The summed E-state index contributed by atoms with van der Waals surface area (Å²) in [5.41, 5.74) is 0. The van der Waals surface area contributed by atoms with Crippen molar-refractivity contribution in [2.45, 2.75) is 0 Å². The first-order valence-electron chi connectivity index (χ1n) is 2.29. The highest BCUT2D eigenvalue weighted by Crippen LogP contribution is 2.52. The molecule has 1 fully saturated rings. The fourth-order valence-corrected chi connectivity index (χ4v) is 1.42. The molecule has 0 aromatic heterocycles. The minimum absolute atomic E-state index is 0.420. The Hall–Kier alpha value is -0.110. The minimum atomic E-state index is -2.79. The monoisotopic (exact) mass is 134 g/mol. The van der Waals surface area contributed by atoms with Gasteiger partial charge in [-0.15, -0.1) is 0 Å². The van der Waals surface area contributed by atoms with E-state index in [0.717, 1.165) is 0 Å². The van der Waals surface area contributed by atoms with Crippen LogP contribution in [-0.2, 0) is 13.6 Å². The van der Waals surface area contributed by atoms with Crippen LogP contribution in [0.1, 0.15) is 0 Å². The number of rotatable bonds is 1. The largest absolute Gasteiger partial charge is 0.353 e. The molecule has 3 nitrogen and oxygen atoms in total. The smallest absolute Gasteiger partial charge is 0.303 e. The fourth-order valence-electron chi connectivity index (χ4n) is 0.472. The highest BCUT2D eigenvalue weighted by atomic mass is 31.2. The Bertz CT molecular complexity index is 132. The van der Waals surface area contributed by atoms with Gasteiger partial charge >= 0.3 is 7.60 Å². The first-order valence-corrected chi connectivity index (χ1v) is 3.90. The van der Waals surface area contributed by atoms with Gasteiger partial charge in [0.1, 0.15) is 0 Å². The molecular formula is C4H7O3P. The molecule has 46 valence electrons. The van der Waals surface area contributed by atoms with Crippen molar-refractivity contribution in [2.24, 2.45) is 0 Å². The maximum atomic E-state index is 10.8. The lowest BCUT2D eigenvalue weighted by Gasteiger charge is -1.98. The van der Waals surface area contributed by atoms with Crippen molar-refractivity contribution in [3.8, 4) is 0 Å². The third-order valence-corrected chi connectivity index (χ3v) is 2.38. The Balaban J connectivity index is 2.66. The zero-order valence-electron chi connectivity index (χ0n) is 4.37.